The molecule has 9 nitrogen and oxygen atoms in total. The van der Waals surface area contributed by atoms with Gasteiger partial charge in [-0.15, -0.1) is 4.73 Å². The number of hydrogen-bond acceptors (Lipinski definition) is 8. The Morgan fingerprint density at radius 3 is 2.64 bits per heavy atom. The average molecular weight is 464 g/mol. The fraction of sp³-hybridized carbons (Fsp3) is 0.667. The third kappa shape index (κ3) is 3.81. The van der Waals surface area contributed by atoms with Crippen molar-refractivity contribution in [2.45, 2.75) is 77.3 Å². The molecule has 2 aliphatic carbocycles. The minimum atomic E-state index is -1.37. The van der Waals surface area contributed by atoms with Gasteiger partial charge in [0.05, 0.1) is 12.7 Å². The number of hydrogen-bond donors (Lipinski definition) is 3. The van der Waals surface area contributed by atoms with Crippen LogP contribution in [0.1, 0.15) is 58.4 Å². The molecular formula is C24H33NO8. The van der Waals surface area contributed by atoms with Crippen molar-refractivity contribution < 1.29 is 34.4 Å². The van der Waals surface area contributed by atoms with Gasteiger partial charge in [0, 0.05) is 29.4 Å². The molecule has 0 aromatic carbocycles. The maximum absolute atomic E-state index is 13.3. The molecule has 0 bridgehead atoms. The maximum Gasteiger partial charge on any atom is 0.333 e. The summed E-state index contributed by atoms with van der Waals surface area (Å²) in [7, 11) is 1.21. The lowest BCUT2D eigenvalue weighted by Crippen LogP contribution is -2.52. The number of rotatable bonds is 3. The summed E-state index contributed by atoms with van der Waals surface area (Å²) in [6.45, 7) is 8.48. The first-order valence-electron chi connectivity index (χ1n) is 11.5. The van der Waals surface area contributed by atoms with Gasteiger partial charge in [0.15, 0.2) is 0 Å². The minimum absolute atomic E-state index is 0.0664. The van der Waals surface area contributed by atoms with Gasteiger partial charge in [-0.25, -0.2) is 4.79 Å². The lowest BCUT2D eigenvalue weighted by Gasteiger charge is -2.53. The van der Waals surface area contributed by atoms with Crippen LogP contribution in [0.25, 0.3) is 0 Å². The van der Waals surface area contributed by atoms with E-state index in [1.54, 1.807) is 0 Å². The fourth-order valence-corrected chi connectivity index (χ4v) is 6.26. The predicted octanol–water partition coefficient (Wildman–Crippen LogP) is 1.99. The summed E-state index contributed by atoms with van der Waals surface area (Å²) in [5.41, 5.74) is -0.301. The molecule has 182 valence electrons. The Morgan fingerprint density at radius 2 is 1.97 bits per heavy atom. The Hall–Kier alpha value is -2.52. The molecule has 3 aliphatic rings. The van der Waals surface area contributed by atoms with E-state index in [-0.39, 0.29) is 41.2 Å². The van der Waals surface area contributed by atoms with Gasteiger partial charge in [-0.3, -0.25) is 4.79 Å². The Morgan fingerprint density at radius 1 is 1.27 bits per heavy atom. The number of carbonyl (C=O) groups excluding carboxylic acids is 1. The van der Waals surface area contributed by atoms with E-state index in [2.05, 4.69) is 20.8 Å². The highest BCUT2D eigenvalue weighted by atomic mass is 16.6. The number of pyridine rings is 1. The Labute approximate surface area is 192 Å². The lowest BCUT2D eigenvalue weighted by atomic mass is 9.55. The number of methoxy groups -OCH3 is 1. The summed E-state index contributed by atoms with van der Waals surface area (Å²) in [4.78, 5) is 25.2. The summed E-state index contributed by atoms with van der Waals surface area (Å²) >= 11 is 0. The summed E-state index contributed by atoms with van der Waals surface area (Å²) in [5, 5.41) is 31.2. The second-order valence-corrected chi connectivity index (χ2v) is 10.2. The molecule has 33 heavy (non-hydrogen) atoms. The monoisotopic (exact) mass is 463 g/mol. The maximum atomic E-state index is 13.3. The van der Waals surface area contributed by atoms with Crippen molar-refractivity contribution in [3.63, 3.8) is 0 Å². The van der Waals surface area contributed by atoms with Crippen LogP contribution < -0.4 is 15.0 Å². The first-order chi connectivity index (χ1) is 15.5. The van der Waals surface area contributed by atoms with Crippen LogP contribution in [0.5, 0.6) is 11.6 Å². The van der Waals surface area contributed by atoms with E-state index in [0.717, 1.165) is 12.8 Å². The zero-order valence-corrected chi connectivity index (χ0v) is 19.6. The molecule has 1 fully saturated rings. The summed E-state index contributed by atoms with van der Waals surface area (Å²) in [5.74, 6) is 0.122. The largest absolute Gasteiger partial charge is 0.489 e. The normalized spacial score (nSPS) is 37.8. The van der Waals surface area contributed by atoms with E-state index < -0.39 is 29.8 Å². The van der Waals surface area contributed by atoms with Crippen LogP contribution >= 0.6 is 0 Å². The zero-order valence-electron chi connectivity index (χ0n) is 19.6. The summed E-state index contributed by atoms with van der Waals surface area (Å²) in [6, 6.07) is 1.45. The highest BCUT2D eigenvalue weighted by molar-refractivity contribution is 5.88. The van der Waals surface area contributed by atoms with Gasteiger partial charge >= 0.3 is 5.97 Å². The third-order valence-electron chi connectivity index (χ3n) is 7.78. The molecule has 3 N–H and O–H groups in total. The van der Waals surface area contributed by atoms with Gasteiger partial charge in [0.25, 0.3) is 5.56 Å². The highest BCUT2D eigenvalue weighted by Crippen LogP contribution is 2.58. The molecule has 8 atom stereocenters. The van der Waals surface area contributed by atoms with E-state index in [9.17, 15) is 25.0 Å². The number of fused-ring (bicyclic) bond motifs is 3. The number of aromatic nitrogens is 1. The molecule has 1 aliphatic heterocycles. The van der Waals surface area contributed by atoms with Gasteiger partial charge in [-0.1, -0.05) is 20.8 Å². The van der Waals surface area contributed by atoms with Crippen LogP contribution in [-0.4, -0.2) is 57.6 Å². The molecule has 1 saturated carbocycles. The van der Waals surface area contributed by atoms with Gasteiger partial charge in [-0.2, -0.15) is 0 Å². The van der Waals surface area contributed by atoms with Crippen molar-refractivity contribution in [2.75, 3.05) is 7.11 Å². The fourth-order valence-electron chi connectivity index (χ4n) is 6.26. The van der Waals surface area contributed by atoms with Crippen LogP contribution in [0, 0.1) is 17.3 Å². The van der Waals surface area contributed by atoms with Gasteiger partial charge in [0.2, 0.25) is 5.88 Å². The number of ether oxygens (including phenoxy) is 3. The Balaban J connectivity index is 1.71. The molecule has 0 radical (unpaired) electrons. The Kier molecular flexibility index (Phi) is 5.99. The number of esters is 1. The van der Waals surface area contributed by atoms with Crippen LogP contribution in [0.15, 0.2) is 22.5 Å². The first-order valence-corrected chi connectivity index (χ1v) is 11.5. The van der Waals surface area contributed by atoms with Crippen molar-refractivity contribution in [3.05, 3.63) is 33.6 Å². The number of nitrogens with zero attached hydrogens (tertiary/aromatic N) is 1. The molecule has 1 aromatic rings. The van der Waals surface area contributed by atoms with Gasteiger partial charge < -0.3 is 29.6 Å². The number of aliphatic hydroxyl groups is 2. The second kappa shape index (κ2) is 8.36. The zero-order chi connectivity index (χ0) is 24.2. The van der Waals surface area contributed by atoms with E-state index in [0.29, 0.717) is 22.0 Å². The van der Waals surface area contributed by atoms with Crippen molar-refractivity contribution in [1.82, 2.24) is 4.73 Å². The van der Waals surface area contributed by atoms with Crippen LogP contribution in [-0.2, 0) is 9.53 Å². The minimum Gasteiger partial charge on any atom is -0.489 e. The average Bonchev–Trinajstić information content (AvgIpc) is 2.74. The van der Waals surface area contributed by atoms with Crippen LogP contribution in [0.2, 0.25) is 0 Å². The van der Waals surface area contributed by atoms with Crippen molar-refractivity contribution >= 4 is 5.97 Å². The molecule has 0 unspecified atom stereocenters. The van der Waals surface area contributed by atoms with E-state index in [1.807, 2.05) is 6.92 Å². The van der Waals surface area contributed by atoms with Crippen molar-refractivity contribution in [2.24, 2.45) is 17.3 Å². The van der Waals surface area contributed by atoms with E-state index in [1.165, 1.54) is 19.3 Å². The molecule has 0 spiro atoms. The van der Waals surface area contributed by atoms with Crippen LogP contribution in [0.4, 0.5) is 0 Å². The van der Waals surface area contributed by atoms with E-state index in [4.69, 9.17) is 14.2 Å². The third-order valence-corrected chi connectivity index (χ3v) is 7.78. The molecule has 1 aromatic heterocycles. The molecule has 0 saturated heterocycles. The topological polar surface area (TPSA) is 127 Å². The van der Waals surface area contributed by atoms with E-state index >= 15 is 0 Å². The Bertz CT molecular complexity index is 1030. The second-order valence-electron chi connectivity index (χ2n) is 10.2. The lowest BCUT2D eigenvalue weighted by molar-refractivity contribution is -0.137. The number of aliphatic hydroxyl groups excluding tert-OH is 2. The molecular weight excluding hydrogens is 430 g/mol. The van der Waals surface area contributed by atoms with Gasteiger partial charge in [0.1, 0.15) is 30.2 Å². The quantitative estimate of drug-likeness (QED) is 0.459. The SMILES string of the molecule is COC(=O)C1=C[C@@H](O)[C@@H](O)[C@@H](Oc2cc3c(c(=O)n2O)[C@@H]2[C@@H](C)C[C@@H](C)C[C@]2(C)[C@@H](C)O3)C1. The molecule has 4 rings (SSSR count). The molecule has 0 amide bonds. The van der Waals surface area contributed by atoms with Crippen molar-refractivity contribution in [3.8, 4) is 11.6 Å². The predicted molar refractivity (Wildman–Crippen MR) is 118 cm³/mol. The smallest absolute Gasteiger partial charge is 0.333 e. The van der Waals surface area contributed by atoms with Crippen LogP contribution in [0.3, 0.4) is 0 Å². The summed E-state index contributed by atoms with van der Waals surface area (Å²) in [6.07, 6.45) is -0.933. The summed E-state index contributed by atoms with van der Waals surface area (Å²) < 4.78 is 17.1. The van der Waals surface area contributed by atoms with Gasteiger partial charge in [-0.05, 0) is 37.7 Å². The standard InChI is InChI=1S/C24H33NO8/c1-11-6-12(2)20-19-16(32-13(3)24(20,4)10-11)9-18(25(30)22(19)28)33-17-8-14(23(29)31-5)7-15(26)21(17)27/h7,9,11-13,15,17,20-21,26-27,30H,6,8,10H2,1-5H3/t11-,12+,13-,15-,17+,20+,21-,24-/m1/s1. The number of carbonyl (C=O) groups is 1. The molecule has 9 heteroatoms. The highest BCUT2D eigenvalue weighted by Gasteiger charge is 2.53. The van der Waals surface area contributed by atoms with Crippen molar-refractivity contribution in [1.29, 1.82) is 0 Å². The first kappa shape index (κ1) is 23.6. The molecule has 2 heterocycles.